The molecule has 0 fully saturated rings. The molecule has 12 heavy (non-hydrogen) atoms. The van der Waals surface area contributed by atoms with E-state index in [1.807, 2.05) is 0 Å². The average Bonchev–Trinajstić information content (AvgIpc) is 2.03. The lowest BCUT2D eigenvalue weighted by Gasteiger charge is -2.28. The predicted molar refractivity (Wildman–Crippen MR) is 53.7 cm³/mol. The van der Waals surface area contributed by atoms with Gasteiger partial charge in [0.2, 0.25) is 0 Å². The second kappa shape index (κ2) is 5.57. The highest BCUT2D eigenvalue weighted by molar-refractivity contribution is 9.09. The molecule has 3 heteroatoms. The van der Waals surface area contributed by atoms with Crippen LogP contribution < -0.4 is 0 Å². The minimum absolute atomic E-state index is 0.0272. The van der Waals surface area contributed by atoms with Crippen LogP contribution in [0, 0.1) is 5.41 Å². The van der Waals surface area contributed by atoms with Crippen LogP contribution in [-0.4, -0.2) is 16.4 Å². The fourth-order valence-corrected chi connectivity index (χ4v) is 2.32. The summed E-state index contributed by atoms with van der Waals surface area (Å²) < 4.78 is 0. The maximum atomic E-state index is 10.6. The van der Waals surface area contributed by atoms with Crippen LogP contribution in [0.25, 0.3) is 0 Å². The molecule has 0 aliphatic heterocycles. The Morgan fingerprint density at radius 2 is 2.08 bits per heavy atom. The van der Waals surface area contributed by atoms with Gasteiger partial charge in [0.05, 0.1) is 6.42 Å². The number of alkyl halides is 1. The molecule has 0 radical (unpaired) electrons. The number of carboxylic acids is 1. The molecule has 0 aromatic rings. The van der Waals surface area contributed by atoms with E-state index in [1.165, 1.54) is 0 Å². The minimum atomic E-state index is -0.690. The van der Waals surface area contributed by atoms with Crippen LogP contribution in [0.3, 0.4) is 0 Å². The number of carboxylic acid groups (broad SMARTS) is 1. The van der Waals surface area contributed by atoms with Crippen molar-refractivity contribution < 1.29 is 9.90 Å². The predicted octanol–water partition coefficient (Wildman–Crippen LogP) is 3.05. The van der Waals surface area contributed by atoms with Crippen molar-refractivity contribution in [2.75, 3.05) is 5.33 Å². The van der Waals surface area contributed by atoms with Gasteiger partial charge in [-0.05, 0) is 18.3 Å². The van der Waals surface area contributed by atoms with Crippen molar-refractivity contribution in [3.05, 3.63) is 0 Å². The van der Waals surface area contributed by atoms with Crippen LogP contribution in [-0.2, 0) is 4.79 Å². The highest BCUT2D eigenvalue weighted by Crippen LogP contribution is 2.34. The van der Waals surface area contributed by atoms with Crippen molar-refractivity contribution in [2.24, 2.45) is 5.41 Å². The van der Waals surface area contributed by atoms with Crippen LogP contribution >= 0.6 is 15.9 Å². The maximum Gasteiger partial charge on any atom is 0.303 e. The summed E-state index contributed by atoms with van der Waals surface area (Å²) in [5.41, 5.74) is -0.0272. The molecule has 1 N–H and O–H groups in total. The molecule has 0 spiro atoms. The van der Waals surface area contributed by atoms with Gasteiger partial charge in [-0.25, -0.2) is 0 Å². The van der Waals surface area contributed by atoms with E-state index in [2.05, 4.69) is 29.8 Å². The highest BCUT2D eigenvalue weighted by atomic mass is 79.9. The third-order valence-corrected chi connectivity index (χ3v) is 3.53. The zero-order valence-corrected chi connectivity index (χ0v) is 9.35. The molecule has 0 aliphatic rings. The molecule has 0 aromatic heterocycles. The number of hydrogen-bond donors (Lipinski definition) is 1. The molecule has 0 aliphatic carbocycles. The molecule has 0 amide bonds. The van der Waals surface area contributed by atoms with Gasteiger partial charge < -0.3 is 5.11 Å². The Morgan fingerprint density at radius 3 is 2.33 bits per heavy atom. The first kappa shape index (κ1) is 11.9. The molecule has 72 valence electrons. The lowest BCUT2D eigenvalue weighted by Crippen LogP contribution is -2.25. The van der Waals surface area contributed by atoms with Gasteiger partial charge in [0.1, 0.15) is 0 Å². The van der Waals surface area contributed by atoms with Crippen LogP contribution in [0.5, 0.6) is 0 Å². The van der Waals surface area contributed by atoms with E-state index in [1.54, 1.807) is 0 Å². The van der Waals surface area contributed by atoms with Crippen LogP contribution in [0.1, 0.15) is 39.5 Å². The summed E-state index contributed by atoms with van der Waals surface area (Å²) in [6.07, 6.45) is 3.24. The number of rotatable bonds is 6. The van der Waals surface area contributed by atoms with Crippen molar-refractivity contribution >= 4 is 21.9 Å². The van der Waals surface area contributed by atoms with Crippen LogP contribution in [0.2, 0.25) is 0 Å². The number of aliphatic carboxylic acids is 1. The van der Waals surface area contributed by atoms with Crippen molar-refractivity contribution in [3.63, 3.8) is 0 Å². The Hall–Kier alpha value is -0.0500. The fraction of sp³-hybridized carbons (Fsp3) is 0.889. The average molecular weight is 237 g/mol. The smallest absolute Gasteiger partial charge is 0.303 e. The largest absolute Gasteiger partial charge is 0.481 e. The third kappa shape index (κ3) is 3.57. The number of hydrogen-bond acceptors (Lipinski definition) is 1. The lowest BCUT2D eigenvalue weighted by molar-refractivity contribution is -0.139. The lowest BCUT2D eigenvalue weighted by atomic mass is 9.80. The zero-order chi connectivity index (χ0) is 9.61. The van der Waals surface area contributed by atoms with Crippen molar-refractivity contribution in [1.82, 2.24) is 0 Å². The second-order valence-electron chi connectivity index (χ2n) is 3.31. The monoisotopic (exact) mass is 236 g/mol. The molecule has 2 nitrogen and oxygen atoms in total. The number of carbonyl (C=O) groups is 1. The summed E-state index contributed by atoms with van der Waals surface area (Å²) in [7, 11) is 0. The summed E-state index contributed by atoms with van der Waals surface area (Å²) in [5, 5.41) is 9.51. The van der Waals surface area contributed by atoms with E-state index in [4.69, 9.17) is 5.11 Å². The SMILES string of the molecule is CCCC(CC)(CBr)CC(=O)O. The summed E-state index contributed by atoms with van der Waals surface area (Å²) in [5.74, 6) is -0.690. The summed E-state index contributed by atoms with van der Waals surface area (Å²) in [4.78, 5) is 10.6. The normalized spacial score (nSPS) is 15.6. The zero-order valence-electron chi connectivity index (χ0n) is 7.77. The molecule has 0 saturated carbocycles. The molecule has 1 unspecified atom stereocenters. The van der Waals surface area contributed by atoms with Gasteiger partial charge in [-0.2, -0.15) is 0 Å². The Bertz CT molecular complexity index is 141. The minimum Gasteiger partial charge on any atom is -0.481 e. The van der Waals surface area contributed by atoms with Gasteiger partial charge in [-0.15, -0.1) is 0 Å². The van der Waals surface area contributed by atoms with E-state index in [0.29, 0.717) is 0 Å². The van der Waals surface area contributed by atoms with Gasteiger partial charge in [-0.1, -0.05) is 36.2 Å². The molecule has 1 atom stereocenters. The van der Waals surface area contributed by atoms with Crippen molar-refractivity contribution in [2.45, 2.75) is 39.5 Å². The molecule has 0 saturated heterocycles. The van der Waals surface area contributed by atoms with Crippen molar-refractivity contribution in [3.8, 4) is 0 Å². The highest BCUT2D eigenvalue weighted by Gasteiger charge is 2.28. The molecule has 0 rings (SSSR count). The van der Waals surface area contributed by atoms with E-state index >= 15 is 0 Å². The van der Waals surface area contributed by atoms with Gasteiger partial charge in [0.15, 0.2) is 0 Å². The molecular weight excluding hydrogens is 220 g/mol. The first-order valence-electron chi connectivity index (χ1n) is 4.38. The van der Waals surface area contributed by atoms with E-state index in [9.17, 15) is 4.79 Å². The van der Waals surface area contributed by atoms with E-state index in [-0.39, 0.29) is 11.8 Å². The molecule has 0 bridgehead atoms. The second-order valence-corrected chi connectivity index (χ2v) is 3.87. The van der Waals surface area contributed by atoms with Crippen LogP contribution in [0.4, 0.5) is 0 Å². The third-order valence-electron chi connectivity index (χ3n) is 2.34. The topological polar surface area (TPSA) is 37.3 Å². The Labute approximate surface area is 82.5 Å². The van der Waals surface area contributed by atoms with Gasteiger partial charge in [0.25, 0.3) is 0 Å². The Morgan fingerprint density at radius 1 is 1.50 bits per heavy atom. The van der Waals surface area contributed by atoms with E-state index < -0.39 is 5.97 Å². The van der Waals surface area contributed by atoms with Crippen molar-refractivity contribution in [1.29, 1.82) is 0 Å². The number of halogens is 1. The summed E-state index contributed by atoms with van der Waals surface area (Å²) >= 11 is 3.40. The van der Waals surface area contributed by atoms with Gasteiger partial charge >= 0.3 is 5.97 Å². The quantitative estimate of drug-likeness (QED) is 0.721. The summed E-state index contributed by atoms with van der Waals surface area (Å²) in [6, 6.07) is 0. The van der Waals surface area contributed by atoms with E-state index in [0.717, 1.165) is 24.6 Å². The first-order chi connectivity index (χ1) is 5.60. The first-order valence-corrected chi connectivity index (χ1v) is 5.50. The Balaban J connectivity index is 4.23. The summed E-state index contributed by atoms with van der Waals surface area (Å²) in [6.45, 7) is 4.15. The standard InChI is InChI=1S/C9H17BrO2/c1-3-5-9(4-2,7-10)6-8(11)12/h3-7H2,1-2H3,(H,11,12). The molecular formula is C9H17BrO2. The molecule has 0 aromatic carbocycles. The van der Waals surface area contributed by atoms with Crippen LogP contribution in [0.15, 0.2) is 0 Å². The van der Waals surface area contributed by atoms with Gasteiger partial charge in [-0.3, -0.25) is 4.79 Å². The van der Waals surface area contributed by atoms with Gasteiger partial charge in [0, 0.05) is 5.33 Å². The fourth-order valence-electron chi connectivity index (χ4n) is 1.45. The molecule has 0 heterocycles. The maximum absolute atomic E-state index is 10.6. The Kier molecular flexibility index (Phi) is 5.55.